The molecule has 4 nitrogen and oxygen atoms in total. The summed E-state index contributed by atoms with van der Waals surface area (Å²) < 4.78 is 19.8. The molecule has 2 fully saturated rings. The van der Waals surface area contributed by atoms with Gasteiger partial charge in [-0.1, -0.05) is 23.7 Å². The van der Waals surface area contributed by atoms with Gasteiger partial charge in [0.15, 0.2) is 0 Å². The molecular weight excluding hydrogens is 391 g/mol. The topological polar surface area (TPSA) is 51.2 Å². The van der Waals surface area contributed by atoms with Crippen LogP contribution in [0.4, 0.5) is 4.39 Å². The van der Waals surface area contributed by atoms with Gasteiger partial charge in [-0.3, -0.25) is 9.78 Å². The third kappa shape index (κ3) is 3.79. The molecule has 5 rings (SSSR count). The summed E-state index contributed by atoms with van der Waals surface area (Å²) in [4.78, 5) is 16.6. The minimum absolute atomic E-state index is 0.0415. The summed E-state index contributed by atoms with van der Waals surface area (Å²) in [5.74, 6) is 1.33. The predicted molar refractivity (Wildman–Crippen MR) is 109 cm³/mol. The van der Waals surface area contributed by atoms with Gasteiger partial charge in [0, 0.05) is 22.6 Å². The second-order valence-electron chi connectivity index (χ2n) is 7.91. The summed E-state index contributed by atoms with van der Waals surface area (Å²) in [6.45, 7) is 0. The van der Waals surface area contributed by atoms with Crippen molar-refractivity contribution in [3.05, 3.63) is 71.1 Å². The van der Waals surface area contributed by atoms with Crippen LogP contribution in [-0.4, -0.2) is 23.0 Å². The van der Waals surface area contributed by atoms with E-state index in [-0.39, 0.29) is 23.9 Å². The lowest BCUT2D eigenvalue weighted by Crippen LogP contribution is -2.32. The highest BCUT2D eigenvalue weighted by molar-refractivity contribution is 6.30. The molecule has 1 aromatic heterocycles. The van der Waals surface area contributed by atoms with Crippen molar-refractivity contribution >= 4 is 28.4 Å². The van der Waals surface area contributed by atoms with Crippen molar-refractivity contribution in [1.82, 2.24) is 10.3 Å². The molecule has 1 heterocycles. The van der Waals surface area contributed by atoms with Gasteiger partial charge in [0.05, 0.1) is 18.0 Å². The third-order valence-corrected chi connectivity index (χ3v) is 6.22. The van der Waals surface area contributed by atoms with E-state index in [1.807, 2.05) is 12.1 Å². The van der Waals surface area contributed by atoms with Crippen LogP contribution < -0.4 is 10.1 Å². The van der Waals surface area contributed by atoms with Crippen LogP contribution in [0.25, 0.3) is 10.9 Å². The van der Waals surface area contributed by atoms with Gasteiger partial charge in [0.25, 0.3) is 0 Å². The minimum Gasteiger partial charge on any atom is -0.490 e. The van der Waals surface area contributed by atoms with Crippen molar-refractivity contribution in [2.45, 2.75) is 31.4 Å². The smallest absolute Gasteiger partial charge is 0.224 e. The van der Waals surface area contributed by atoms with Crippen LogP contribution in [0.1, 0.15) is 18.4 Å². The van der Waals surface area contributed by atoms with Crippen molar-refractivity contribution in [2.75, 3.05) is 0 Å². The number of amides is 1. The Bertz CT molecular complexity index is 1060. The van der Waals surface area contributed by atoms with E-state index in [1.54, 1.807) is 30.5 Å². The molecule has 2 aromatic carbocycles. The fraction of sp³-hybridized carbons (Fsp3) is 0.304. The Morgan fingerprint density at radius 3 is 2.66 bits per heavy atom. The Morgan fingerprint density at radius 2 is 1.90 bits per heavy atom. The number of halogens is 2. The number of rotatable bonds is 5. The highest BCUT2D eigenvalue weighted by Gasteiger charge is 2.57. The van der Waals surface area contributed by atoms with Crippen molar-refractivity contribution in [3.8, 4) is 5.75 Å². The Hall–Kier alpha value is -2.66. The molecule has 0 saturated heterocycles. The zero-order chi connectivity index (χ0) is 20.0. The highest BCUT2D eigenvalue weighted by Crippen LogP contribution is 2.53. The van der Waals surface area contributed by atoms with Gasteiger partial charge >= 0.3 is 0 Å². The molecule has 2 unspecified atom stereocenters. The number of hydrogen-bond donors (Lipinski definition) is 1. The maximum Gasteiger partial charge on any atom is 0.224 e. The van der Waals surface area contributed by atoms with E-state index in [2.05, 4.69) is 10.3 Å². The SMILES string of the molecule is O=C(Cc1ccc(Cl)cc1)NC1C2CC(Oc3ccnc4ccc(F)cc34)CC21. The monoisotopic (exact) mass is 410 g/mol. The maximum atomic E-state index is 13.6. The third-order valence-electron chi connectivity index (χ3n) is 5.96. The molecule has 2 atom stereocenters. The zero-order valence-electron chi connectivity index (χ0n) is 15.6. The number of carbonyl (C=O) groups excluding carboxylic acids is 1. The van der Waals surface area contributed by atoms with Crippen molar-refractivity contribution in [2.24, 2.45) is 11.8 Å². The number of aromatic nitrogens is 1. The van der Waals surface area contributed by atoms with E-state index < -0.39 is 0 Å². The van der Waals surface area contributed by atoms with Gasteiger partial charge in [0.1, 0.15) is 11.6 Å². The molecule has 2 saturated carbocycles. The Labute approximate surface area is 173 Å². The number of ether oxygens (including phenoxy) is 1. The van der Waals surface area contributed by atoms with Crippen molar-refractivity contribution in [3.63, 3.8) is 0 Å². The van der Waals surface area contributed by atoms with Crippen LogP contribution >= 0.6 is 11.6 Å². The second-order valence-corrected chi connectivity index (χ2v) is 8.34. The quantitative estimate of drug-likeness (QED) is 0.671. The molecule has 2 aliphatic rings. The molecule has 0 radical (unpaired) electrons. The van der Waals surface area contributed by atoms with Crippen LogP contribution in [0.3, 0.4) is 0 Å². The number of fused-ring (bicyclic) bond motifs is 2. The summed E-state index contributed by atoms with van der Waals surface area (Å²) in [6, 6.07) is 13.9. The first-order valence-corrected chi connectivity index (χ1v) is 10.2. The number of nitrogens with one attached hydrogen (secondary N) is 1. The number of nitrogens with zero attached hydrogens (tertiary/aromatic N) is 1. The molecular formula is C23H20ClFN2O2. The van der Waals surface area contributed by atoms with Gasteiger partial charge in [-0.25, -0.2) is 4.39 Å². The molecule has 0 bridgehead atoms. The van der Waals surface area contributed by atoms with Gasteiger partial charge < -0.3 is 10.1 Å². The number of hydrogen-bond acceptors (Lipinski definition) is 3. The van der Waals surface area contributed by atoms with Crippen LogP contribution in [0, 0.1) is 17.7 Å². The van der Waals surface area contributed by atoms with Crippen LogP contribution in [0.15, 0.2) is 54.7 Å². The van der Waals surface area contributed by atoms with Gasteiger partial charge in [-0.05, 0) is 66.6 Å². The van der Waals surface area contributed by atoms with Crippen LogP contribution in [0.2, 0.25) is 5.02 Å². The van der Waals surface area contributed by atoms with E-state index in [0.29, 0.717) is 34.4 Å². The zero-order valence-corrected chi connectivity index (χ0v) is 16.4. The molecule has 148 valence electrons. The first-order chi connectivity index (χ1) is 14.1. The standard InChI is InChI=1S/C23H20ClFN2O2/c24-14-3-1-13(2-4-14)9-22(28)27-23-17-11-16(12-18(17)23)29-21-7-8-26-20-6-5-15(25)10-19(20)21/h1-8,10,16-18,23H,9,11-12H2,(H,27,28). The Morgan fingerprint density at radius 1 is 1.14 bits per heavy atom. The van der Waals surface area contributed by atoms with E-state index in [1.165, 1.54) is 12.1 Å². The average molecular weight is 411 g/mol. The molecule has 1 N–H and O–H groups in total. The van der Waals surface area contributed by atoms with Crippen LogP contribution in [0.5, 0.6) is 5.75 Å². The molecule has 2 aliphatic carbocycles. The lowest BCUT2D eigenvalue weighted by Gasteiger charge is -2.18. The molecule has 0 spiro atoms. The van der Waals surface area contributed by atoms with Gasteiger partial charge in [-0.15, -0.1) is 0 Å². The molecule has 29 heavy (non-hydrogen) atoms. The Kier molecular flexibility index (Phi) is 4.63. The van der Waals surface area contributed by atoms with E-state index in [0.717, 1.165) is 23.9 Å². The van der Waals surface area contributed by atoms with Gasteiger partial charge in [0.2, 0.25) is 5.91 Å². The van der Waals surface area contributed by atoms with E-state index in [9.17, 15) is 9.18 Å². The van der Waals surface area contributed by atoms with Crippen molar-refractivity contribution in [1.29, 1.82) is 0 Å². The first-order valence-electron chi connectivity index (χ1n) is 9.81. The van der Waals surface area contributed by atoms with Crippen LogP contribution in [-0.2, 0) is 11.2 Å². The first kappa shape index (κ1) is 18.4. The predicted octanol–water partition coefficient (Wildman–Crippen LogP) is 4.54. The average Bonchev–Trinajstić information content (AvgIpc) is 3.14. The maximum absolute atomic E-state index is 13.6. The minimum atomic E-state index is -0.298. The molecule has 6 heteroatoms. The summed E-state index contributed by atoms with van der Waals surface area (Å²) >= 11 is 5.88. The highest BCUT2D eigenvalue weighted by atomic mass is 35.5. The van der Waals surface area contributed by atoms with E-state index in [4.69, 9.17) is 16.3 Å². The molecule has 1 amide bonds. The fourth-order valence-electron chi connectivity index (χ4n) is 4.50. The summed E-state index contributed by atoms with van der Waals surface area (Å²) in [6.07, 6.45) is 3.93. The van der Waals surface area contributed by atoms with E-state index >= 15 is 0 Å². The lowest BCUT2D eigenvalue weighted by atomic mass is 10.1. The van der Waals surface area contributed by atoms with Gasteiger partial charge in [-0.2, -0.15) is 0 Å². The molecule has 3 aromatic rings. The number of benzene rings is 2. The largest absolute Gasteiger partial charge is 0.490 e. The number of carbonyl (C=O) groups is 1. The molecule has 0 aliphatic heterocycles. The summed E-state index contributed by atoms with van der Waals surface area (Å²) in [5.41, 5.74) is 1.68. The lowest BCUT2D eigenvalue weighted by molar-refractivity contribution is -0.120. The Balaban J connectivity index is 1.16. The van der Waals surface area contributed by atoms with Crippen molar-refractivity contribution < 1.29 is 13.9 Å². The normalized spacial score (nSPS) is 24.9. The number of pyridine rings is 1. The summed E-state index contributed by atoms with van der Waals surface area (Å²) in [7, 11) is 0. The second kappa shape index (κ2) is 7.30. The summed E-state index contributed by atoms with van der Waals surface area (Å²) in [5, 5.41) is 4.52. The fourth-order valence-corrected chi connectivity index (χ4v) is 4.63.